The maximum atomic E-state index is 13.0. The molecule has 0 radical (unpaired) electrons. The molecule has 0 aliphatic carbocycles. The summed E-state index contributed by atoms with van der Waals surface area (Å²) in [5, 5.41) is 8.93. The molecule has 0 N–H and O–H groups in total. The summed E-state index contributed by atoms with van der Waals surface area (Å²) in [6.45, 7) is 3.25. The Balaban J connectivity index is 1.80. The van der Waals surface area contributed by atoms with E-state index in [1.807, 2.05) is 24.3 Å². The third-order valence-corrected chi connectivity index (χ3v) is 6.61. The summed E-state index contributed by atoms with van der Waals surface area (Å²) in [4.78, 5) is 1.70. The Morgan fingerprint density at radius 2 is 1.70 bits per heavy atom. The molecular weight excluding hydrogens is 368 g/mol. The van der Waals surface area contributed by atoms with Gasteiger partial charge >= 0.3 is 0 Å². The van der Waals surface area contributed by atoms with Crippen LogP contribution in [0.3, 0.4) is 0 Å². The van der Waals surface area contributed by atoms with Crippen molar-refractivity contribution in [2.45, 2.75) is 11.8 Å². The van der Waals surface area contributed by atoms with Gasteiger partial charge in [-0.3, -0.25) is 0 Å². The molecule has 142 valence electrons. The van der Waals surface area contributed by atoms with Crippen LogP contribution in [0.2, 0.25) is 0 Å². The zero-order valence-corrected chi connectivity index (χ0v) is 15.9. The minimum atomic E-state index is -3.63. The number of nitrogens with zero attached hydrogens (tertiary/aromatic N) is 4. The van der Waals surface area contributed by atoms with Crippen LogP contribution >= 0.6 is 0 Å². The summed E-state index contributed by atoms with van der Waals surface area (Å²) in [5.41, 5.74) is 2.70. The van der Waals surface area contributed by atoms with E-state index in [2.05, 4.69) is 10.2 Å². The SMILES string of the molecule is COc1cc(S(=O)(=O)N2CCOCC2)c(C)cc1-n1nc2ccccc2n1. The lowest BCUT2D eigenvalue weighted by molar-refractivity contribution is 0.0730. The van der Waals surface area contributed by atoms with Crippen molar-refractivity contribution in [3.8, 4) is 11.4 Å². The third kappa shape index (κ3) is 3.18. The van der Waals surface area contributed by atoms with Crippen molar-refractivity contribution in [1.82, 2.24) is 19.3 Å². The molecule has 1 aliphatic rings. The zero-order valence-electron chi connectivity index (χ0n) is 15.1. The molecule has 9 heteroatoms. The van der Waals surface area contributed by atoms with Gasteiger partial charge in [0.2, 0.25) is 10.0 Å². The van der Waals surface area contributed by atoms with E-state index in [1.165, 1.54) is 16.2 Å². The highest BCUT2D eigenvalue weighted by molar-refractivity contribution is 7.89. The number of rotatable bonds is 4. The van der Waals surface area contributed by atoms with Crippen LogP contribution in [-0.4, -0.2) is 61.1 Å². The van der Waals surface area contributed by atoms with Gasteiger partial charge < -0.3 is 9.47 Å². The van der Waals surface area contributed by atoms with Crippen molar-refractivity contribution >= 4 is 21.1 Å². The van der Waals surface area contributed by atoms with E-state index in [1.54, 1.807) is 19.1 Å². The van der Waals surface area contributed by atoms with Crippen LogP contribution in [0.4, 0.5) is 0 Å². The number of benzene rings is 2. The molecule has 0 bridgehead atoms. The summed E-state index contributed by atoms with van der Waals surface area (Å²) in [5.74, 6) is 0.396. The van der Waals surface area contributed by atoms with Crippen molar-refractivity contribution in [2.24, 2.45) is 0 Å². The summed E-state index contributed by atoms with van der Waals surface area (Å²) >= 11 is 0. The van der Waals surface area contributed by atoms with Gasteiger partial charge in [0.1, 0.15) is 22.5 Å². The van der Waals surface area contributed by atoms with Gasteiger partial charge in [-0.05, 0) is 30.7 Å². The van der Waals surface area contributed by atoms with E-state index in [-0.39, 0.29) is 4.90 Å². The first-order chi connectivity index (χ1) is 13.0. The molecule has 1 saturated heterocycles. The fourth-order valence-electron chi connectivity index (χ4n) is 3.15. The van der Waals surface area contributed by atoms with Crippen molar-refractivity contribution < 1.29 is 17.9 Å². The first-order valence-electron chi connectivity index (χ1n) is 8.60. The number of sulfonamides is 1. The van der Waals surface area contributed by atoms with Gasteiger partial charge in [-0.25, -0.2) is 8.42 Å². The Kier molecular flexibility index (Phi) is 4.58. The molecule has 2 aromatic carbocycles. The quantitative estimate of drug-likeness (QED) is 0.677. The van der Waals surface area contributed by atoms with Crippen LogP contribution in [-0.2, 0) is 14.8 Å². The second kappa shape index (κ2) is 6.91. The summed E-state index contributed by atoms with van der Waals surface area (Å²) in [6.07, 6.45) is 0. The van der Waals surface area contributed by atoms with Crippen LogP contribution in [0.1, 0.15) is 5.56 Å². The van der Waals surface area contributed by atoms with Gasteiger partial charge in [0.25, 0.3) is 0 Å². The smallest absolute Gasteiger partial charge is 0.243 e. The highest BCUT2D eigenvalue weighted by atomic mass is 32.2. The average Bonchev–Trinajstić information content (AvgIpc) is 3.12. The molecule has 2 heterocycles. The van der Waals surface area contributed by atoms with E-state index in [4.69, 9.17) is 9.47 Å². The molecule has 0 saturated carbocycles. The molecule has 0 atom stereocenters. The van der Waals surface area contributed by atoms with E-state index in [9.17, 15) is 8.42 Å². The average molecular weight is 388 g/mol. The Labute approximate surface area is 157 Å². The molecular formula is C18H20N4O4S. The van der Waals surface area contributed by atoms with Gasteiger partial charge in [0.05, 0.1) is 25.2 Å². The van der Waals surface area contributed by atoms with Gasteiger partial charge in [-0.1, -0.05) is 12.1 Å². The van der Waals surface area contributed by atoms with Crippen LogP contribution in [0.25, 0.3) is 16.7 Å². The first kappa shape index (κ1) is 17.9. The van der Waals surface area contributed by atoms with Gasteiger partial charge in [-0.2, -0.15) is 4.31 Å². The molecule has 1 aromatic heterocycles. The van der Waals surface area contributed by atoms with Crippen LogP contribution in [0.15, 0.2) is 41.3 Å². The number of methoxy groups -OCH3 is 1. The molecule has 4 rings (SSSR count). The van der Waals surface area contributed by atoms with Crippen LogP contribution in [0, 0.1) is 6.92 Å². The van der Waals surface area contributed by atoms with E-state index >= 15 is 0 Å². The Bertz CT molecular complexity index is 1050. The summed E-state index contributed by atoms with van der Waals surface area (Å²) in [7, 11) is -2.12. The van der Waals surface area contributed by atoms with E-state index in [0.717, 1.165) is 11.0 Å². The van der Waals surface area contributed by atoms with Crippen LogP contribution < -0.4 is 4.74 Å². The monoisotopic (exact) mass is 388 g/mol. The largest absolute Gasteiger partial charge is 0.494 e. The number of aryl methyl sites for hydroxylation is 1. The van der Waals surface area contributed by atoms with E-state index < -0.39 is 10.0 Å². The van der Waals surface area contributed by atoms with Gasteiger partial charge in [-0.15, -0.1) is 15.0 Å². The number of aromatic nitrogens is 3. The van der Waals surface area contributed by atoms with Gasteiger partial charge in [0.15, 0.2) is 0 Å². The molecule has 0 spiro atoms. The molecule has 3 aromatic rings. The van der Waals surface area contributed by atoms with Crippen molar-refractivity contribution in [3.63, 3.8) is 0 Å². The molecule has 0 unspecified atom stereocenters. The minimum Gasteiger partial charge on any atom is -0.494 e. The molecule has 0 amide bonds. The topological polar surface area (TPSA) is 86.5 Å². The standard InChI is InChI=1S/C18H20N4O4S/c1-13-11-16(22-19-14-5-3-4-6-15(14)20-22)17(25-2)12-18(13)27(23,24)21-7-9-26-10-8-21/h3-6,11-12H,7-10H2,1-2H3. The number of morpholine rings is 1. The molecule has 1 fully saturated rings. The van der Waals surface area contributed by atoms with Crippen molar-refractivity contribution in [2.75, 3.05) is 33.4 Å². The lowest BCUT2D eigenvalue weighted by Crippen LogP contribution is -2.40. The fourth-order valence-corrected chi connectivity index (χ4v) is 4.78. The third-order valence-electron chi connectivity index (χ3n) is 4.57. The van der Waals surface area contributed by atoms with E-state index in [0.29, 0.717) is 43.3 Å². The maximum Gasteiger partial charge on any atom is 0.243 e. The Morgan fingerprint density at radius 3 is 2.30 bits per heavy atom. The predicted octanol–water partition coefficient (Wildman–Crippen LogP) is 1.76. The number of ether oxygens (including phenoxy) is 2. The normalized spacial score (nSPS) is 15.9. The van der Waals surface area contributed by atoms with Gasteiger partial charge in [0, 0.05) is 19.2 Å². The minimum absolute atomic E-state index is 0.224. The maximum absolute atomic E-state index is 13.0. The fraction of sp³-hybridized carbons (Fsp3) is 0.333. The second-order valence-electron chi connectivity index (χ2n) is 6.28. The number of hydrogen-bond acceptors (Lipinski definition) is 6. The van der Waals surface area contributed by atoms with Crippen molar-refractivity contribution in [3.05, 3.63) is 42.0 Å². The van der Waals surface area contributed by atoms with Crippen LogP contribution in [0.5, 0.6) is 5.75 Å². The predicted molar refractivity (Wildman–Crippen MR) is 99.7 cm³/mol. The second-order valence-corrected chi connectivity index (χ2v) is 8.19. The van der Waals surface area contributed by atoms with Crippen molar-refractivity contribution in [1.29, 1.82) is 0 Å². The lowest BCUT2D eigenvalue weighted by atomic mass is 10.2. The number of fused-ring (bicyclic) bond motifs is 1. The highest BCUT2D eigenvalue weighted by Gasteiger charge is 2.29. The number of hydrogen-bond donors (Lipinski definition) is 0. The zero-order chi connectivity index (χ0) is 19.0. The first-order valence-corrected chi connectivity index (χ1v) is 10.0. The lowest BCUT2D eigenvalue weighted by Gasteiger charge is -2.27. The molecule has 8 nitrogen and oxygen atoms in total. The molecule has 1 aliphatic heterocycles. The summed E-state index contributed by atoms with van der Waals surface area (Å²) < 4.78 is 38.3. The highest BCUT2D eigenvalue weighted by Crippen LogP contribution is 2.31. The Hall–Kier alpha value is -2.49. The molecule has 27 heavy (non-hydrogen) atoms. The summed E-state index contributed by atoms with van der Waals surface area (Å²) in [6, 6.07) is 10.8. The Morgan fingerprint density at radius 1 is 1.07 bits per heavy atom.